The van der Waals surface area contributed by atoms with Crippen LogP contribution in [0, 0.1) is 0 Å². The summed E-state index contributed by atoms with van der Waals surface area (Å²) in [4.78, 5) is 12.8. The van der Waals surface area contributed by atoms with Gasteiger partial charge >= 0.3 is 0 Å². The standard InChI is InChI=1S/C23H29N3O5/c1-28-20-10-17(23(27)24-11-18-3-2-6-30-18)9-15-4-5-16-12-26(25-22(16)21(15)20)13-19-14-29-7-8-31-19/h9-10,12,18-19H,2-8,11,13-14H2,1H3,(H,24,27)/t18-,19-/m0/s1. The Bertz CT molecular complexity index is 928. The predicted molar refractivity (Wildman–Crippen MR) is 113 cm³/mol. The van der Waals surface area contributed by atoms with Gasteiger partial charge in [-0.1, -0.05) is 0 Å². The van der Waals surface area contributed by atoms with E-state index in [0.29, 0.717) is 44.2 Å². The van der Waals surface area contributed by atoms with E-state index in [0.717, 1.165) is 49.1 Å². The molecule has 1 N–H and O–H groups in total. The Balaban J connectivity index is 1.37. The first-order valence-corrected chi connectivity index (χ1v) is 11.1. The molecule has 0 unspecified atom stereocenters. The zero-order valence-electron chi connectivity index (χ0n) is 17.9. The highest BCUT2D eigenvalue weighted by Gasteiger charge is 2.27. The van der Waals surface area contributed by atoms with Crippen LogP contribution in [0.3, 0.4) is 0 Å². The Morgan fingerprint density at radius 1 is 1.19 bits per heavy atom. The number of fused-ring (bicyclic) bond motifs is 3. The molecule has 2 aromatic rings. The molecular formula is C23H29N3O5. The van der Waals surface area contributed by atoms with Crippen molar-refractivity contribution in [3.05, 3.63) is 35.0 Å². The fourth-order valence-electron chi connectivity index (χ4n) is 4.61. The van der Waals surface area contributed by atoms with Crippen LogP contribution in [0.1, 0.15) is 34.3 Å². The van der Waals surface area contributed by atoms with E-state index in [1.807, 2.05) is 16.8 Å². The number of aromatic nitrogens is 2. The predicted octanol–water partition coefficient (Wildman–Crippen LogP) is 1.98. The zero-order chi connectivity index (χ0) is 21.2. The monoisotopic (exact) mass is 427 g/mol. The molecule has 5 rings (SSSR count). The molecule has 1 amide bonds. The van der Waals surface area contributed by atoms with E-state index >= 15 is 0 Å². The molecule has 0 bridgehead atoms. The average Bonchev–Trinajstić information content (AvgIpc) is 3.46. The summed E-state index contributed by atoms with van der Waals surface area (Å²) >= 11 is 0. The van der Waals surface area contributed by atoms with Gasteiger partial charge in [0.15, 0.2) is 0 Å². The van der Waals surface area contributed by atoms with Crippen molar-refractivity contribution in [3.8, 4) is 17.0 Å². The third-order valence-electron chi connectivity index (χ3n) is 6.19. The molecule has 31 heavy (non-hydrogen) atoms. The van der Waals surface area contributed by atoms with E-state index in [9.17, 15) is 4.79 Å². The minimum absolute atomic E-state index is 0.0198. The number of hydrogen-bond acceptors (Lipinski definition) is 6. The summed E-state index contributed by atoms with van der Waals surface area (Å²) in [6, 6.07) is 3.79. The van der Waals surface area contributed by atoms with Crippen LogP contribution in [0.25, 0.3) is 11.3 Å². The smallest absolute Gasteiger partial charge is 0.251 e. The molecular weight excluding hydrogens is 398 g/mol. The maximum absolute atomic E-state index is 12.8. The summed E-state index contributed by atoms with van der Waals surface area (Å²) in [7, 11) is 1.64. The Morgan fingerprint density at radius 3 is 2.84 bits per heavy atom. The lowest BCUT2D eigenvalue weighted by Crippen LogP contribution is -2.32. The molecule has 3 aliphatic rings. The van der Waals surface area contributed by atoms with Crippen LogP contribution < -0.4 is 10.1 Å². The minimum Gasteiger partial charge on any atom is -0.496 e. The number of rotatable bonds is 6. The van der Waals surface area contributed by atoms with Gasteiger partial charge in [-0.25, -0.2) is 0 Å². The molecule has 1 aliphatic carbocycles. The lowest BCUT2D eigenvalue weighted by atomic mass is 9.88. The van der Waals surface area contributed by atoms with Gasteiger partial charge in [0.25, 0.3) is 5.91 Å². The Labute approximate surface area is 181 Å². The van der Waals surface area contributed by atoms with Crippen molar-refractivity contribution in [1.29, 1.82) is 0 Å². The van der Waals surface area contributed by atoms with Crippen molar-refractivity contribution in [2.45, 2.75) is 44.4 Å². The van der Waals surface area contributed by atoms with Gasteiger partial charge in [-0.3, -0.25) is 9.48 Å². The van der Waals surface area contributed by atoms with Crippen LogP contribution in [-0.2, 0) is 33.6 Å². The SMILES string of the molecule is COc1cc(C(=O)NC[C@@H]2CCCO2)cc2c1-c1nn(C[C@H]3COCCO3)cc1CC2. The first kappa shape index (κ1) is 20.5. The molecule has 1 aromatic carbocycles. The molecule has 1 aromatic heterocycles. The van der Waals surface area contributed by atoms with Gasteiger partial charge in [0.2, 0.25) is 0 Å². The molecule has 166 valence electrons. The van der Waals surface area contributed by atoms with E-state index in [4.69, 9.17) is 24.0 Å². The third kappa shape index (κ3) is 4.33. The number of methoxy groups -OCH3 is 1. The highest BCUT2D eigenvalue weighted by Crippen LogP contribution is 2.40. The minimum atomic E-state index is -0.0950. The molecule has 2 fully saturated rings. The largest absolute Gasteiger partial charge is 0.496 e. The van der Waals surface area contributed by atoms with Gasteiger partial charge in [-0.05, 0) is 48.9 Å². The first-order valence-electron chi connectivity index (χ1n) is 11.1. The normalized spacial score (nSPS) is 22.6. The molecule has 3 heterocycles. The number of carbonyl (C=O) groups is 1. The molecule has 0 saturated carbocycles. The second kappa shape index (κ2) is 8.98. The second-order valence-corrected chi connectivity index (χ2v) is 8.35. The highest BCUT2D eigenvalue weighted by atomic mass is 16.6. The van der Waals surface area contributed by atoms with Crippen molar-refractivity contribution >= 4 is 5.91 Å². The van der Waals surface area contributed by atoms with E-state index in [-0.39, 0.29) is 18.1 Å². The third-order valence-corrected chi connectivity index (χ3v) is 6.19. The maximum atomic E-state index is 12.8. The Hall–Kier alpha value is -2.42. The van der Waals surface area contributed by atoms with E-state index in [2.05, 4.69) is 11.5 Å². The van der Waals surface area contributed by atoms with Crippen LogP contribution in [0.5, 0.6) is 5.75 Å². The number of carbonyl (C=O) groups excluding carboxylic acids is 1. The summed E-state index contributed by atoms with van der Waals surface area (Å²) < 4.78 is 24.5. The first-order chi connectivity index (χ1) is 15.2. The summed E-state index contributed by atoms with van der Waals surface area (Å²) in [5.74, 6) is 0.589. The van der Waals surface area contributed by atoms with Gasteiger partial charge < -0.3 is 24.3 Å². The van der Waals surface area contributed by atoms with Crippen LogP contribution in [0.2, 0.25) is 0 Å². The summed E-state index contributed by atoms with van der Waals surface area (Å²) in [5, 5.41) is 7.84. The number of nitrogens with one attached hydrogen (secondary N) is 1. The Morgan fingerprint density at radius 2 is 2.06 bits per heavy atom. The van der Waals surface area contributed by atoms with Gasteiger partial charge in [0.1, 0.15) is 11.9 Å². The fourth-order valence-corrected chi connectivity index (χ4v) is 4.61. The van der Waals surface area contributed by atoms with Crippen molar-refractivity contribution < 1.29 is 23.7 Å². The highest BCUT2D eigenvalue weighted by molar-refractivity contribution is 5.96. The van der Waals surface area contributed by atoms with Gasteiger partial charge in [0, 0.05) is 30.5 Å². The van der Waals surface area contributed by atoms with Crippen LogP contribution in [-0.4, -0.2) is 68.0 Å². The van der Waals surface area contributed by atoms with Gasteiger partial charge in [-0.2, -0.15) is 5.10 Å². The number of hydrogen-bond donors (Lipinski definition) is 1. The molecule has 2 atom stereocenters. The molecule has 2 aliphatic heterocycles. The summed E-state index contributed by atoms with van der Waals surface area (Å²) in [6.07, 6.45) is 6.02. The number of ether oxygens (including phenoxy) is 4. The molecule has 8 heteroatoms. The van der Waals surface area contributed by atoms with Crippen molar-refractivity contribution in [2.24, 2.45) is 0 Å². The average molecular weight is 428 g/mol. The van der Waals surface area contributed by atoms with E-state index < -0.39 is 0 Å². The van der Waals surface area contributed by atoms with Gasteiger partial charge in [-0.15, -0.1) is 0 Å². The van der Waals surface area contributed by atoms with E-state index in [1.54, 1.807) is 7.11 Å². The van der Waals surface area contributed by atoms with Crippen LogP contribution in [0.15, 0.2) is 18.3 Å². The molecule has 2 saturated heterocycles. The van der Waals surface area contributed by atoms with Crippen LogP contribution in [0.4, 0.5) is 0 Å². The fraction of sp³-hybridized carbons (Fsp3) is 0.565. The molecule has 8 nitrogen and oxygen atoms in total. The number of nitrogens with zero attached hydrogens (tertiary/aromatic N) is 2. The lowest BCUT2D eigenvalue weighted by Gasteiger charge is -2.22. The van der Waals surface area contributed by atoms with Crippen molar-refractivity contribution in [3.63, 3.8) is 0 Å². The van der Waals surface area contributed by atoms with E-state index in [1.165, 1.54) is 5.56 Å². The Kier molecular flexibility index (Phi) is 5.93. The number of amides is 1. The topological polar surface area (TPSA) is 83.8 Å². The van der Waals surface area contributed by atoms with Crippen molar-refractivity contribution in [2.75, 3.05) is 40.1 Å². The lowest BCUT2D eigenvalue weighted by molar-refractivity contribution is -0.0946. The summed E-state index contributed by atoms with van der Waals surface area (Å²) in [5.41, 5.74) is 4.82. The van der Waals surface area contributed by atoms with Crippen LogP contribution >= 0.6 is 0 Å². The summed E-state index contributed by atoms with van der Waals surface area (Å²) in [6.45, 7) is 3.85. The molecule has 0 radical (unpaired) electrons. The second-order valence-electron chi connectivity index (χ2n) is 8.35. The number of aryl methyl sites for hydroxylation is 2. The maximum Gasteiger partial charge on any atom is 0.251 e. The zero-order valence-corrected chi connectivity index (χ0v) is 17.9. The molecule has 0 spiro atoms. The number of benzene rings is 1. The van der Waals surface area contributed by atoms with Crippen molar-refractivity contribution in [1.82, 2.24) is 15.1 Å². The quantitative estimate of drug-likeness (QED) is 0.759. The van der Waals surface area contributed by atoms with Gasteiger partial charge in [0.05, 0.1) is 45.3 Å².